The van der Waals surface area contributed by atoms with E-state index in [1.165, 1.54) is 0 Å². The Hall–Kier alpha value is -3.35. The van der Waals surface area contributed by atoms with Gasteiger partial charge in [0.1, 0.15) is 23.7 Å². The maximum Gasteiger partial charge on any atom is 0.344 e. The van der Waals surface area contributed by atoms with Crippen LogP contribution in [-0.2, 0) is 20.9 Å². The second-order valence-electron chi connectivity index (χ2n) is 6.90. The van der Waals surface area contributed by atoms with Crippen LogP contribution in [0.1, 0.15) is 41.2 Å². The number of benzene rings is 2. The fourth-order valence-electron chi connectivity index (χ4n) is 2.86. The number of rotatable bonds is 7. The summed E-state index contributed by atoms with van der Waals surface area (Å²) in [5.74, 6) is -0.257. The molecular weight excluding hydrogens is 374 g/mol. The van der Waals surface area contributed by atoms with Crippen molar-refractivity contribution in [2.45, 2.75) is 40.4 Å². The highest BCUT2D eigenvalue weighted by Crippen LogP contribution is 2.28. The number of fused-ring (bicyclic) bond motifs is 1. The minimum absolute atomic E-state index is 0.190. The van der Waals surface area contributed by atoms with Crippen LogP contribution in [0.25, 0.3) is 10.8 Å². The summed E-state index contributed by atoms with van der Waals surface area (Å²) in [6, 6.07) is 11.1. The van der Waals surface area contributed by atoms with E-state index in [1.807, 2.05) is 31.2 Å². The Morgan fingerprint density at radius 2 is 1.79 bits per heavy atom. The Kier molecular flexibility index (Phi) is 6.16. The first-order valence-corrected chi connectivity index (χ1v) is 9.29. The molecule has 0 amide bonds. The van der Waals surface area contributed by atoms with Crippen molar-refractivity contribution in [1.29, 1.82) is 0 Å². The Morgan fingerprint density at radius 1 is 1.10 bits per heavy atom. The normalized spacial score (nSPS) is 10.9. The smallest absolute Gasteiger partial charge is 0.344 e. The Morgan fingerprint density at radius 3 is 2.41 bits per heavy atom. The van der Waals surface area contributed by atoms with E-state index >= 15 is 0 Å². The van der Waals surface area contributed by atoms with Gasteiger partial charge in [0.2, 0.25) is 0 Å². The van der Waals surface area contributed by atoms with Gasteiger partial charge in [-0.3, -0.25) is 0 Å². The van der Waals surface area contributed by atoms with Crippen LogP contribution in [0.4, 0.5) is 0 Å². The number of hydrogen-bond donors (Lipinski definition) is 0. The molecule has 0 fully saturated rings. The standard InChI is InChI=1S/C22H23NO6/c1-13(2)28-21(24)12-27-22(25)18-9-16-7-5-6-8-17(16)10-20(18)26-11-19-14(3)23-29-15(19)4/h5-10,13H,11-12H2,1-4H3. The quantitative estimate of drug-likeness (QED) is 0.554. The van der Waals surface area contributed by atoms with Gasteiger partial charge < -0.3 is 18.7 Å². The van der Waals surface area contributed by atoms with Gasteiger partial charge in [-0.15, -0.1) is 0 Å². The highest BCUT2D eigenvalue weighted by molar-refractivity contribution is 5.99. The number of ether oxygens (including phenoxy) is 3. The molecule has 0 saturated carbocycles. The Bertz CT molecular complexity index is 1020. The van der Waals surface area contributed by atoms with Crippen molar-refractivity contribution in [2.75, 3.05) is 6.61 Å². The van der Waals surface area contributed by atoms with Crippen molar-refractivity contribution in [2.24, 2.45) is 0 Å². The molecule has 3 aromatic rings. The summed E-state index contributed by atoms with van der Waals surface area (Å²) in [6.45, 7) is 6.80. The first-order valence-electron chi connectivity index (χ1n) is 9.29. The fourth-order valence-corrected chi connectivity index (χ4v) is 2.86. The lowest BCUT2D eigenvalue weighted by Gasteiger charge is -2.13. The van der Waals surface area contributed by atoms with Gasteiger partial charge in [-0.25, -0.2) is 9.59 Å². The van der Waals surface area contributed by atoms with E-state index < -0.39 is 18.5 Å². The largest absolute Gasteiger partial charge is 0.488 e. The van der Waals surface area contributed by atoms with Gasteiger partial charge in [-0.05, 0) is 50.6 Å². The number of hydrogen-bond acceptors (Lipinski definition) is 7. The minimum atomic E-state index is -0.662. The molecular formula is C22H23NO6. The monoisotopic (exact) mass is 397 g/mol. The third-order valence-electron chi connectivity index (χ3n) is 4.31. The number of carbonyl (C=O) groups is 2. The number of nitrogens with zero attached hydrogens (tertiary/aromatic N) is 1. The fraction of sp³-hybridized carbons (Fsp3) is 0.318. The average Bonchev–Trinajstić information content (AvgIpc) is 3.00. The van der Waals surface area contributed by atoms with Gasteiger partial charge >= 0.3 is 11.9 Å². The zero-order chi connectivity index (χ0) is 21.0. The molecule has 0 radical (unpaired) electrons. The van der Waals surface area contributed by atoms with Crippen molar-refractivity contribution in [3.8, 4) is 5.75 Å². The van der Waals surface area contributed by atoms with Crippen LogP contribution in [0.15, 0.2) is 40.9 Å². The summed E-state index contributed by atoms with van der Waals surface area (Å²) >= 11 is 0. The molecule has 0 atom stereocenters. The summed E-state index contributed by atoms with van der Waals surface area (Å²) in [4.78, 5) is 24.3. The lowest BCUT2D eigenvalue weighted by Crippen LogP contribution is -2.20. The molecule has 0 unspecified atom stereocenters. The van der Waals surface area contributed by atoms with Crippen molar-refractivity contribution in [3.05, 3.63) is 59.0 Å². The first-order chi connectivity index (χ1) is 13.8. The zero-order valence-electron chi connectivity index (χ0n) is 16.9. The van der Waals surface area contributed by atoms with Gasteiger partial charge in [-0.1, -0.05) is 29.4 Å². The molecule has 1 aromatic heterocycles. The van der Waals surface area contributed by atoms with E-state index in [1.54, 1.807) is 32.9 Å². The number of aromatic nitrogens is 1. The van der Waals surface area contributed by atoms with Crippen molar-refractivity contribution in [1.82, 2.24) is 5.16 Å². The van der Waals surface area contributed by atoms with Crippen LogP contribution in [0.2, 0.25) is 0 Å². The number of carbonyl (C=O) groups excluding carboxylic acids is 2. The van der Waals surface area contributed by atoms with Gasteiger partial charge in [0.15, 0.2) is 6.61 Å². The lowest BCUT2D eigenvalue weighted by atomic mass is 10.1. The maximum atomic E-state index is 12.7. The number of aryl methyl sites for hydroxylation is 2. The topological polar surface area (TPSA) is 87.9 Å². The molecule has 1 heterocycles. The van der Waals surface area contributed by atoms with E-state index in [9.17, 15) is 9.59 Å². The van der Waals surface area contributed by atoms with Crippen LogP contribution in [0.3, 0.4) is 0 Å². The van der Waals surface area contributed by atoms with E-state index in [0.29, 0.717) is 11.5 Å². The van der Waals surface area contributed by atoms with Crippen LogP contribution in [-0.4, -0.2) is 29.8 Å². The van der Waals surface area contributed by atoms with Crippen LogP contribution >= 0.6 is 0 Å². The molecule has 7 nitrogen and oxygen atoms in total. The van der Waals surface area contributed by atoms with Gasteiger partial charge in [0, 0.05) is 0 Å². The van der Waals surface area contributed by atoms with Crippen molar-refractivity contribution < 1.29 is 28.3 Å². The van der Waals surface area contributed by atoms with Gasteiger partial charge in [0.05, 0.1) is 17.4 Å². The van der Waals surface area contributed by atoms with Gasteiger partial charge in [0.25, 0.3) is 0 Å². The molecule has 29 heavy (non-hydrogen) atoms. The van der Waals surface area contributed by atoms with E-state index in [4.69, 9.17) is 18.7 Å². The summed E-state index contributed by atoms with van der Waals surface area (Å²) < 4.78 is 21.2. The average molecular weight is 397 g/mol. The number of esters is 2. The predicted octanol–water partition coefficient (Wildman–Crippen LogP) is 4.13. The van der Waals surface area contributed by atoms with Crippen LogP contribution < -0.4 is 4.74 Å². The minimum Gasteiger partial charge on any atom is -0.488 e. The second kappa shape index (κ2) is 8.77. The highest BCUT2D eigenvalue weighted by atomic mass is 16.6. The molecule has 0 bridgehead atoms. The highest BCUT2D eigenvalue weighted by Gasteiger charge is 2.19. The molecule has 0 aliphatic rings. The third kappa shape index (κ3) is 4.93. The molecule has 0 saturated heterocycles. The molecule has 0 N–H and O–H groups in total. The molecule has 2 aromatic carbocycles. The Balaban J connectivity index is 1.84. The molecule has 0 aliphatic carbocycles. The SMILES string of the molecule is Cc1noc(C)c1COc1cc2ccccc2cc1C(=O)OCC(=O)OC(C)C. The predicted molar refractivity (Wildman–Crippen MR) is 106 cm³/mol. The van der Waals surface area contributed by atoms with E-state index in [0.717, 1.165) is 22.0 Å². The molecule has 7 heteroatoms. The summed E-state index contributed by atoms with van der Waals surface area (Å²) in [5.41, 5.74) is 1.77. The second-order valence-corrected chi connectivity index (χ2v) is 6.90. The summed E-state index contributed by atoms with van der Waals surface area (Å²) in [6.07, 6.45) is -0.282. The third-order valence-corrected chi connectivity index (χ3v) is 4.31. The first kappa shape index (κ1) is 20.4. The van der Waals surface area contributed by atoms with Crippen molar-refractivity contribution >= 4 is 22.7 Å². The van der Waals surface area contributed by atoms with Crippen molar-refractivity contribution in [3.63, 3.8) is 0 Å². The molecule has 3 rings (SSSR count). The molecule has 0 aliphatic heterocycles. The zero-order valence-corrected chi connectivity index (χ0v) is 16.9. The lowest BCUT2D eigenvalue weighted by molar-refractivity contribution is -0.150. The summed E-state index contributed by atoms with van der Waals surface area (Å²) in [5, 5.41) is 5.68. The molecule has 152 valence electrons. The van der Waals surface area contributed by atoms with Gasteiger partial charge in [-0.2, -0.15) is 0 Å². The van der Waals surface area contributed by atoms with Crippen LogP contribution in [0.5, 0.6) is 5.75 Å². The van der Waals surface area contributed by atoms with E-state index in [2.05, 4.69) is 5.16 Å². The Labute approximate surface area is 168 Å². The summed E-state index contributed by atoms with van der Waals surface area (Å²) in [7, 11) is 0. The van der Waals surface area contributed by atoms with Crippen LogP contribution in [0, 0.1) is 13.8 Å². The van der Waals surface area contributed by atoms with E-state index in [-0.39, 0.29) is 18.3 Å². The molecule has 0 spiro atoms. The maximum absolute atomic E-state index is 12.7.